The number of aromatic nitrogens is 2. The number of nitrogens with one attached hydrogen (secondary N) is 12. The number of halogens is 1. The molecule has 3 aromatic carbocycles. The Kier molecular flexibility index (Phi) is 35.7. The summed E-state index contributed by atoms with van der Waals surface area (Å²) in [5.74, 6) is -21.6. The van der Waals surface area contributed by atoms with Crippen molar-refractivity contribution < 1.29 is 132 Å². The highest BCUT2D eigenvalue weighted by Crippen LogP contribution is 2.27. The van der Waals surface area contributed by atoms with Gasteiger partial charge in [0.2, 0.25) is 89.3 Å². The number of ether oxygens (including phenoxy) is 2. The van der Waals surface area contributed by atoms with Crippen molar-refractivity contribution in [3.05, 3.63) is 142 Å². The number of carbonyl (C=O) groups excluding carboxylic acids is 15. The minimum Gasteiger partial charge on any atom is -0.467 e. The number of imidazole rings is 1. The van der Waals surface area contributed by atoms with Crippen molar-refractivity contribution in [3.8, 4) is 0 Å². The maximum Gasteiger partial charge on any atom is 0.328 e. The largest absolute Gasteiger partial charge is 0.467 e. The van der Waals surface area contributed by atoms with Crippen LogP contribution in [0.2, 0.25) is 0 Å². The van der Waals surface area contributed by atoms with Crippen molar-refractivity contribution in [1.82, 2.24) is 68.4 Å². The number of fused-ring (bicyclic) bond motifs is 2. The second-order valence-electron chi connectivity index (χ2n) is 28.6. The van der Waals surface area contributed by atoms with Crippen LogP contribution in [0.5, 0.6) is 0 Å². The van der Waals surface area contributed by atoms with Crippen molar-refractivity contribution in [2.45, 2.75) is 194 Å². The molecule has 7 rings (SSSR count). The third kappa shape index (κ3) is 27.5. The number of aliphatic hydroxyl groups is 9. The van der Waals surface area contributed by atoms with Crippen LogP contribution in [0.3, 0.4) is 0 Å². The van der Waals surface area contributed by atoms with Gasteiger partial charge in [-0.15, -0.1) is 0 Å². The predicted octanol–water partition coefficient (Wildman–Crippen LogP) is -9.58. The molecule has 20 atom stereocenters. The van der Waals surface area contributed by atoms with Crippen LogP contribution in [0.1, 0.15) is 87.4 Å². The number of carbonyl (C=O) groups is 15. The smallest absolute Gasteiger partial charge is 0.328 e. The quantitative estimate of drug-likeness (QED) is 0.0265. The lowest BCUT2D eigenvalue weighted by Crippen LogP contribution is -2.64. The fraction of sp³-hybridized carbons (Fsp3) is 0.474. The minimum absolute atomic E-state index is 0.306. The molecule has 1 saturated heterocycles. The fourth-order valence-electron chi connectivity index (χ4n) is 12.8. The highest BCUT2D eigenvalue weighted by atomic mass is 79.9. The summed E-state index contributed by atoms with van der Waals surface area (Å²) < 4.78 is 13.3. The van der Waals surface area contributed by atoms with E-state index in [4.69, 9.17) is 20.9 Å². The van der Waals surface area contributed by atoms with Gasteiger partial charge in [0.15, 0.2) is 6.10 Å². The topological polar surface area (TPSA) is 662 Å². The molecule has 4 heterocycles. The van der Waals surface area contributed by atoms with Crippen LogP contribution in [0.15, 0.2) is 120 Å². The number of nitrogens with zero attached hydrogens (tertiary/aromatic N) is 2. The lowest BCUT2D eigenvalue weighted by atomic mass is 9.92. The maximum absolute atomic E-state index is 15.3. The highest BCUT2D eigenvalue weighted by Gasteiger charge is 2.46. The van der Waals surface area contributed by atoms with E-state index < -0.39 is 281 Å². The third-order valence-electron chi connectivity index (χ3n) is 19.5. The number of benzene rings is 3. The van der Waals surface area contributed by atoms with Gasteiger partial charge >= 0.3 is 5.97 Å². The summed E-state index contributed by atoms with van der Waals surface area (Å²) in [5.41, 5.74) is 12.6. The van der Waals surface area contributed by atoms with Gasteiger partial charge in [0.05, 0.1) is 58.1 Å². The van der Waals surface area contributed by atoms with Crippen LogP contribution < -0.4 is 79.8 Å². The van der Waals surface area contributed by atoms with E-state index in [9.17, 15) is 108 Å². The molecule has 25 N–H and O–H groups in total. The first-order valence-electron chi connectivity index (χ1n) is 37.6. The second kappa shape index (κ2) is 44.9. The van der Waals surface area contributed by atoms with E-state index >= 15 is 9.59 Å². The molecule has 3 aliphatic rings. The Hall–Kier alpha value is -11.5. The number of amides is 14. The first-order valence-corrected chi connectivity index (χ1v) is 38.4. The van der Waals surface area contributed by atoms with E-state index in [1.165, 1.54) is 25.1 Å². The molecule has 1 fully saturated rings. The van der Waals surface area contributed by atoms with Crippen LogP contribution in [-0.2, 0) is 101 Å². The molecule has 0 unspecified atom stereocenters. The number of hydrogen-bond acceptors (Lipinski definition) is 26. The number of β-amino-alcohol motifs (C(OH)–C–C–N with tert-alkyl or cyclic N) is 1. The van der Waals surface area contributed by atoms with Crippen LogP contribution in [-0.4, -0.2) is 282 Å². The molecule has 14 amide bonds. The zero-order chi connectivity index (χ0) is 87.6. The third-order valence-corrected chi connectivity index (χ3v) is 20.0. The Bertz CT molecular complexity index is 4350. The summed E-state index contributed by atoms with van der Waals surface area (Å²) in [6, 6.07) is 0.191. The molecule has 4 bridgehead atoms. The molecule has 3 aliphatic heterocycles. The monoisotopic (exact) mass is 1730 g/mol. The SMILES string of the molecule is COC(=O)[C@@H]1CCCC(=O)N[C@H]2Cc3c[n+](cn3[C@H]3OC[C@@H](O)[C@@H](O)[C@@H]3O)C[C@@H](NC(=O)[C@H](CO)NC(=O)C[C@@H]([C@@H](O)/C=C(C)/C=C/c3ccccc3)NC(=O)[C@H](Cc3ccccc3)NC(=O)[C@H](CO)NC(=O)[C@H]([C@H](C)O)NC2=O)C(=O)N[C@@H](CC(N)=O)C(=O)N[C@@H]([C@@H](O)C(N)=O)C(=O)N[C@@H]([C@@H](C)c2ccc(Br)cc2)C(=O)NC[C@@H](O)C(=O)N1. The lowest BCUT2D eigenvalue weighted by Gasteiger charge is -2.33. The predicted molar refractivity (Wildman–Crippen MR) is 415 cm³/mol. The summed E-state index contributed by atoms with van der Waals surface area (Å²) in [6.07, 6.45) is -15.0. The number of hydrogen-bond donors (Lipinski definition) is 23. The molecule has 0 spiro atoms. The van der Waals surface area contributed by atoms with Crippen LogP contribution in [0.4, 0.5) is 0 Å². The molecule has 119 heavy (non-hydrogen) atoms. The van der Waals surface area contributed by atoms with Gasteiger partial charge < -0.3 is 131 Å². The average Bonchev–Trinajstić information content (AvgIpc) is 1.77. The molecule has 43 heteroatoms. The normalized spacial score (nSPS) is 27.8. The van der Waals surface area contributed by atoms with Gasteiger partial charge in [-0.1, -0.05) is 119 Å². The molecule has 646 valence electrons. The second-order valence-corrected chi connectivity index (χ2v) is 29.5. The summed E-state index contributed by atoms with van der Waals surface area (Å²) in [5, 5.41) is 129. The van der Waals surface area contributed by atoms with Gasteiger partial charge in [-0.3, -0.25) is 67.1 Å². The molecule has 0 radical (unpaired) electrons. The standard InChI is InChI=1S/C76H99BrN16O26/c1-36(18-19-39-12-7-5-8-13-39)24-52(97)45-28-57(102)82-50(32-94)69(111)87-49-31-92-30-43(93(35-92)75-63(105)61(103)54(99)34-119-75)26-47(66(108)90-59(38(3)96)73(115)88-51(33-95)70(112)85-46(65(107)84-45)25-40-14-9-6-10-15-40)81-56(101)17-11-16-44(76(117)118-4)83-71(113)53(98)29-80-72(114)58(37(2)41-20-22-42(77)23-21-41)89-74(116)60(62(104)64(79)106)91-67(109)48(27-55(78)100)86-68(49)110/h5-10,12-15,18-24,30,35,37-38,44-54,58-63,75,94-99,103-105H,11,16-17,25-29,31-34H2,1-4H3,(H15-,78,79,80,81,82,83,84,85,86,87,88,89,90,91,100,101,102,106,107,108,109,110,111,112,113,114,115,116)/p+1/b19-18+,36-24+/t37-,38-,44-,45-,46-,47-,48-,49+,50-,51-,52-,53+,54+,58-,59-,60-,61+,62+,63-,75-/m0/s1. The van der Waals surface area contributed by atoms with Crippen molar-refractivity contribution in [2.24, 2.45) is 11.5 Å². The number of nitrogens with two attached hydrogens (primary N) is 2. The molecule has 0 saturated carbocycles. The summed E-state index contributed by atoms with van der Waals surface area (Å²) in [6.45, 7) is -1.32. The Balaban J connectivity index is 1.43. The molecule has 0 aliphatic carbocycles. The summed E-state index contributed by atoms with van der Waals surface area (Å²) in [4.78, 5) is 215. The van der Waals surface area contributed by atoms with E-state index in [1.54, 1.807) is 91.9 Å². The Labute approximate surface area is 688 Å². The van der Waals surface area contributed by atoms with Crippen molar-refractivity contribution in [3.63, 3.8) is 0 Å². The van der Waals surface area contributed by atoms with E-state index in [-0.39, 0.29) is 12.1 Å². The number of rotatable bonds is 17. The highest BCUT2D eigenvalue weighted by molar-refractivity contribution is 9.10. The van der Waals surface area contributed by atoms with Crippen molar-refractivity contribution in [1.29, 1.82) is 0 Å². The van der Waals surface area contributed by atoms with E-state index in [0.717, 1.165) is 41.3 Å². The lowest BCUT2D eigenvalue weighted by molar-refractivity contribution is -0.697. The first-order chi connectivity index (χ1) is 56.4. The number of methoxy groups -OCH3 is 1. The Morgan fingerprint density at radius 2 is 1.21 bits per heavy atom. The van der Waals surface area contributed by atoms with Crippen molar-refractivity contribution in [2.75, 3.05) is 33.5 Å². The average molecular weight is 1730 g/mol. The van der Waals surface area contributed by atoms with Crippen LogP contribution >= 0.6 is 15.9 Å². The van der Waals surface area contributed by atoms with Gasteiger partial charge in [-0.2, -0.15) is 0 Å². The van der Waals surface area contributed by atoms with E-state index in [2.05, 4.69) is 74.4 Å². The maximum atomic E-state index is 15.3. The number of allylic oxidation sites excluding steroid dienone is 2. The zero-order valence-corrected chi connectivity index (χ0v) is 66.5. The van der Waals surface area contributed by atoms with Crippen LogP contribution in [0, 0.1) is 0 Å². The number of aliphatic hydroxyl groups excluding tert-OH is 9. The van der Waals surface area contributed by atoms with Gasteiger partial charge in [0.25, 0.3) is 5.91 Å². The Morgan fingerprint density at radius 3 is 1.84 bits per heavy atom. The molecule has 1 aromatic heterocycles. The summed E-state index contributed by atoms with van der Waals surface area (Å²) in [7, 11) is 0.928. The van der Waals surface area contributed by atoms with Gasteiger partial charge in [-0.05, 0) is 55.5 Å². The summed E-state index contributed by atoms with van der Waals surface area (Å²) >= 11 is 3.30. The van der Waals surface area contributed by atoms with Crippen molar-refractivity contribution >= 4 is 111 Å². The van der Waals surface area contributed by atoms with Gasteiger partial charge in [0.1, 0.15) is 103 Å². The number of primary amides is 2. The molecular formula is C76H100BrN16O26+. The number of esters is 1. The van der Waals surface area contributed by atoms with Gasteiger partial charge in [-0.25, -0.2) is 13.9 Å². The first kappa shape index (κ1) is 94.6. The minimum atomic E-state index is -2.74. The van der Waals surface area contributed by atoms with Crippen LogP contribution in [0.25, 0.3) is 6.08 Å². The molecular weight excluding hydrogens is 1630 g/mol. The van der Waals surface area contributed by atoms with Gasteiger partial charge in [0, 0.05) is 36.1 Å². The van der Waals surface area contributed by atoms with E-state index in [1.807, 2.05) is 5.32 Å². The molecule has 42 nitrogen and oxygen atoms in total. The Morgan fingerprint density at radius 1 is 0.630 bits per heavy atom. The fourth-order valence-corrected chi connectivity index (χ4v) is 13.1. The zero-order valence-electron chi connectivity index (χ0n) is 64.9. The molecule has 4 aromatic rings. The van der Waals surface area contributed by atoms with E-state index in [0.29, 0.717) is 21.2 Å².